The van der Waals surface area contributed by atoms with Gasteiger partial charge in [-0.05, 0) is 117 Å². The Morgan fingerprint density at radius 1 is 0.750 bits per heavy atom. The number of fused-ring (bicyclic) bond motifs is 1. The fraction of sp³-hybridized carbons (Fsp3) is 0.333. The number of ether oxygens (including phenoxy) is 6. The first kappa shape index (κ1) is 45.3. The van der Waals surface area contributed by atoms with Gasteiger partial charge in [0.15, 0.2) is 0 Å². The number of esters is 2. The van der Waals surface area contributed by atoms with Crippen molar-refractivity contribution in [3.63, 3.8) is 0 Å². The highest BCUT2D eigenvalue weighted by atomic mass is 32.1. The van der Waals surface area contributed by atoms with Crippen LogP contribution in [0.2, 0.25) is 0 Å². The molecule has 4 aromatic carbocycles. The van der Waals surface area contributed by atoms with Crippen LogP contribution in [-0.4, -0.2) is 70.0 Å². The van der Waals surface area contributed by atoms with Gasteiger partial charge in [0.25, 0.3) is 0 Å². The second-order valence-electron chi connectivity index (χ2n) is 13.8. The molecule has 0 aliphatic heterocycles. The van der Waals surface area contributed by atoms with Crippen molar-refractivity contribution in [1.82, 2.24) is 4.98 Å². The monoisotopic (exact) mass is 833 g/mol. The summed E-state index contributed by atoms with van der Waals surface area (Å²) in [5.74, 6) is 0.886. The number of carbonyl (C=O) groups excluding carboxylic acids is 2. The lowest BCUT2D eigenvalue weighted by atomic mass is 10.0. The number of carbonyl (C=O) groups is 2. The Morgan fingerprint density at radius 2 is 1.42 bits per heavy atom. The number of anilines is 1. The first-order chi connectivity index (χ1) is 29.5. The molecule has 1 aromatic heterocycles. The molecule has 0 saturated heterocycles. The van der Waals surface area contributed by atoms with Crippen molar-refractivity contribution in [3.8, 4) is 28.4 Å². The third-order valence-corrected chi connectivity index (χ3v) is 10.3. The van der Waals surface area contributed by atoms with Crippen LogP contribution in [0, 0.1) is 0 Å². The Morgan fingerprint density at radius 3 is 2.10 bits per heavy atom. The number of methoxy groups -OCH3 is 1. The molecule has 0 unspecified atom stereocenters. The molecule has 316 valence electrons. The maximum Gasteiger partial charge on any atom is 0.343 e. The van der Waals surface area contributed by atoms with E-state index in [2.05, 4.69) is 13.2 Å². The number of allylic oxidation sites excluding steroid dienone is 1. The minimum absolute atomic E-state index is 0.131. The lowest BCUT2D eigenvalue weighted by molar-refractivity contribution is -0.137. The summed E-state index contributed by atoms with van der Waals surface area (Å²) in [6.45, 7) is 9.72. The lowest BCUT2D eigenvalue weighted by Gasteiger charge is -2.16. The Bertz CT molecular complexity index is 2080. The molecule has 0 radical (unpaired) electrons. The zero-order valence-electron chi connectivity index (χ0n) is 34.4. The van der Waals surface area contributed by atoms with Gasteiger partial charge >= 0.3 is 11.9 Å². The van der Waals surface area contributed by atoms with Crippen molar-refractivity contribution >= 4 is 44.8 Å². The molecule has 0 saturated carbocycles. The molecule has 0 aliphatic carbocycles. The predicted molar refractivity (Wildman–Crippen MR) is 240 cm³/mol. The number of hydrogen-bond acceptors (Lipinski definition) is 12. The second-order valence-corrected chi connectivity index (χ2v) is 14.8. The van der Waals surface area contributed by atoms with E-state index in [0.717, 1.165) is 78.5 Å². The zero-order chi connectivity index (χ0) is 42.2. The lowest BCUT2D eigenvalue weighted by Crippen LogP contribution is -2.22. The van der Waals surface area contributed by atoms with Crippen LogP contribution in [0.1, 0.15) is 73.7 Å². The summed E-state index contributed by atoms with van der Waals surface area (Å²) in [5.41, 5.74) is 3.69. The fourth-order valence-corrected chi connectivity index (χ4v) is 6.87. The minimum Gasteiger partial charge on any atom is -0.494 e. The number of aromatic nitrogens is 1. The first-order valence-electron chi connectivity index (χ1n) is 20.4. The topological polar surface area (TPSA) is 118 Å². The Kier molecular flexibility index (Phi) is 19.3. The van der Waals surface area contributed by atoms with Gasteiger partial charge in [-0.3, -0.25) is 0 Å². The van der Waals surface area contributed by atoms with Gasteiger partial charge in [0.1, 0.15) is 24.0 Å². The average Bonchev–Trinajstić information content (AvgIpc) is 3.72. The van der Waals surface area contributed by atoms with Crippen LogP contribution in [-0.2, 0) is 19.0 Å². The van der Waals surface area contributed by atoms with E-state index in [4.69, 9.17) is 38.5 Å². The molecule has 1 heterocycles. The third-order valence-electron chi connectivity index (χ3n) is 9.26. The highest BCUT2D eigenvalue weighted by Gasteiger charge is 2.16. The molecule has 11 nitrogen and oxygen atoms in total. The summed E-state index contributed by atoms with van der Waals surface area (Å²) in [6.07, 6.45) is 13.8. The maximum atomic E-state index is 13.5. The van der Waals surface area contributed by atoms with E-state index < -0.39 is 11.9 Å². The van der Waals surface area contributed by atoms with E-state index in [0.29, 0.717) is 60.8 Å². The van der Waals surface area contributed by atoms with Gasteiger partial charge in [-0.15, -0.1) is 6.58 Å². The van der Waals surface area contributed by atoms with Gasteiger partial charge < -0.3 is 28.4 Å². The summed E-state index contributed by atoms with van der Waals surface area (Å²) in [6, 6.07) is 28.4. The van der Waals surface area contributed by atoms with Crippen LogP contribution in [0.15, 0.2) is 121 Å². The smallest absolute Gasteiger partial charge is 0.343 e. The number of para-hydroxylation sites is 1. The van der Waals surface area contributed by atoms with Gasteiger partial charge in [-0.2, -0.15) is 5.10 Å². The molecule has 0 bridgehead atoms. The normalized spacial score (nSPS) is 11.1. The van der Waals surface area contributed by atoms with Gasteiger partial charge in [0.2, 0.25) is 5.13 Å². The first-order valence-corrected chi connectivity index (χ1v) is 21.2. The van der Waals surface area contributed by atoms with Crippen molar-refractivity contribution in [1.29, 1.82) is 0 Å². The molecular formula is C48H55N3O8S. The predicted octanol–water partition coefficient (Wildman–Crippen LogP) is 10.8. The maximum absolute atomic E-state index is 13.5. The Balaban J connectivity index is 1.28. The molecule has 0 spiro atoms. The number of unbranched alkanes of at least 4 members (excludes halogenated alkanes) is 7. The molecule has 0 atom stereocenters. The van der Waals surface area contributed by atoms with Gasteiger partial charge in [-0.1, -0.05) is 67.2 Å². The molecule has 60 heavy (non-hydrogen) atoms. The van der Waals surface area contributed by atoms with Crippen LogP contribution in [0.3, 0.4) is 0 Å². The molecule has 0 amide bonds. The molecule has 0 fully saturated rings. The van der Waals surface area contributed by atoms with Crippen LogP contribution < -0.4 is 19.2 Å². The van der Waals surface area contributed by atoms with Gasteiger partial charge in [0, 0.05) is 18.7 Å². The summed E-state index contributed by atoms with van der Waals surface area (Å²) < 4.78 is 35.0. The summed E-state index contributed by atoms with van der Waals surface area (Å²) in [7, 11) is 1.62. The largest absolute Gasteiger partial charge is 0.494 e. The molecule has 5 aromatic rings. The highest BCUT2D eigenvalue weighted by molar-refractivity contribution is 7.22. The Labute approximate surface area is 357 Å². The van der Waals surface area contributed by atoms with Crippen LogP contribution in [0.25, 0.3) is 21.3 Å². The van der Waals surface area contributed by atoms with Crippen LogP contribution in [0.4, 0.5) is 5.13 Å². The number of hydrogen-bond donors (Lipinski definition) is 0. The summed E-state index contributed by atoms with van der Waals surface area (Å²) in [4.78, 5) is 29.5. The number of benzene rings is 4. The minimum atomic E-state index is -0.519. The van der Waals surface area contributed by atoms with Crippen molar-refractivity contribution in [2.24, 2.45) is 5.10 Å². The van der Waals surface area contributed by atoms with E-state index in [1.165, 1.54) is 23.8 Å². The number of thiazole rings is 1. The highest BCUT2D eigenvalue weighted by Crippen LogP contribution is 2.31. The van der Waals surface area contributed by atoms with E-state index in [1.807, 2.05) is 66.7 Å². The van der Waals surface area contributed by atoms with E-state index in [1.54, 1.807) is 48.7 Å². The van der Waals surface area contributed by atoms with Crippen LogP contribution in [0.5, 0.6) is 17.2 Å². The average molecular weight is 834 g/mol. The molecule has 0 aliphatic rings. The summed E-state index contributed by atoms with van der Waals surface area (Å²) in [5, 5.41) is 7.16. The number of hydrazone groups is 1. The molecule has 0 N–H and O–H groups in total. The number of nitrogens with zero attached hydrogens (tertiary/aromatic N) is 3. The zero-order valence-corrected chi connectivity index (χ0v) is 35.2. The summed E-state index contributed by atoms with van der Waals surface area (Å²) >= 11 is 1.50. The van der Waals surface area contributed by atoms with Crippen molar-refractivity contribution in [2.75, 3.05) is 51.9 Å². The van der Waals surface area contributed by atoms with Gasteiger partial charge in [-0.25, -0.2) is 19.6 Å². The number of rotatable bonds is 28. The van der Waals surface area contributed by atoms with E-state index in [9.17, 15) is 9.59 Å². The van der Waals surface area contributed by atoms with E-state index in [-0.39, 0.29) is 6.73 Å². The quantitative estimate of drug-likeness (QED) is 0.00704. The SMILES string of the molecule is C=CCCCCCCOc1ccc(-c2ccc(OC(=O)c3ccc(OCCCCCCOC(=O)C=C)cc3)c(/C=N/N(COCCOC)c3nc4ccccc4s3)c2)cc1. The molecule has 5 rings (SSSR count). The van der Waals surface area contributed by atoms with Crippen molar-refractivity contribution < 1.29 is 38.0 Å². The third kappa shape index (κ3) is 15.1. The fourth-order valence-electron chi connectivity index (χ4n) is 5.96. The van der Waals surface area contributed by atoms with Gasteiger partial charge in [0.05, 0.1) is 55.0 Å². The molecular weight excluding hydrogens is 779 g/mol. The molecule has 12 heteroatoms. The Hall–Kier alpha value is -5.82. The van der Waals surface area contributed by atoms with E-state index >= 15 is 0 Å². The van der Waals surface area contributed by atoms with Crippen molar-refractivity contribution in [3.05, 3.63) is 127 Å². The standard InChI is InChI=1S/C48H55N3O8S/c1-4-6-7-8-9-14-29-56-41-24-19-37(20-25-41)39-23-28-44(59-47(53)38-21-26-42(27-22-38)57-30-15-10-11-16-31-58-46(52)5-2)40(34-39)35-49-51(36-55-33-32-54-3)48-50-43-17-12-13-18-45(43)60-48/h4-5,12-13,17-28,34-35H,1-2,6-11,14-16,29-33,36H2,3H3/b49-35+. The van der Waals surface area contributed by atoms with Crippen LogP contribution >= 0.6 is 11.3 Å². The van der Waals surface area contributed by atoms with Crippen molar-refractivity contribution in [2.45, 2.75) is 57.8 Å². The second kappa shape index (κ2) is 25.6.